The Balaban J connectivity index is 1.94. The largest absolute Gasteiger partial charge is 0.483 e. The Morgan fingerprint density at radius 2 is 2.19 bits per heavy atom. The number of nitrogens with zero attached hydrogens (tertiary/aromatic N) is 2. The molecule has 0 aliphatic rings. The molecule has 0 unspecified atom stereocenters. The van der Waals surface area contributed by atoms with Crippen molar-refractivity contribution in [3.63, 3.8) is 0 Å². The van der Waals surface area contributed by atoms with Crippen molar-refractivity contribution in [1.82, 2.24) is 15.5 Å². The molecule has 0 aliphatic carbocycles. The van der Waals surface area contributed by atoms with Gasteiger partial charge in [0.2, 0.25) is 0 Å². The number of halogens is 1. The Bertz CT molecular complexity index is 584. The van der Waals surface area contributed by atoms with E-state index < -0.39 is 0 Å². The van der Waals surface area contributed by atoms with Gasteiger partial charge in [-0.25, -0.2) is 0 Å². The lowest BCUT2D eigenvalue weighted by atomic mass is 10.2. The van der Waals surface area contributed by atoms with E-state index >= 15 is 0 Å². The first-order valence-corrected chi connectivity index (χ1v) is 7.84. The maximum absolute atomic E-state index is 5.70. The van der Waals surface area contributed by atoms with Gasteiger partial charge < -0.3 is 14.6 Å². The highest BCUT2D eigenvalue weighted by molar-refractivity contribution is 9.10. The second kappa shape index (κ2) is 7.56. The number of aromatic nitrogens is 2. The van der Waals surface area contributed by atoms with Gasteiger partial charge in [-0.3, -0.25) is 0 Å². The Hall–Kier alpha value is -1.40. The standard InChI is InChI=1S/C15H20BrN3O2/c1-4-14-18-15(21-19-14)9-20-13-6-5-11(7-12(13)16)8-17-10(2)3/h5-7,10,17H,4,8-9H2,1-3H3. The van der Waals surface area contributed by atoms with Crippen LogP contribution in [0.15, 0.2) is 27.2 Å². The van der Waals surface area contributed by atoms with Crippen molar-refractivity contribution in [3.8, 4) is 5.75 Å². The van der Waals surface area contributed by atoms with Crippen molar-refractivity contribution >= 4 is 15.9 Å². The summed E-state index contributed by atoms with van der Waals surface area (Å²) in [5.41, 5.74) is 1.20. The molecule has 0 fully saturated rings. The maximum atomic E-state index is 5.70. The van der Waals surface area contributed by atoms with Crippen LogP contribution in [0, 0.1) is 0 Å². The first kappa shape index (κ1) is 16.0. The summed E-state index contributed by atoms with van der Waals surface area (Å²) in [6, 6.07) is 6.50. The number of ether oxygens (including phenoxy) is 1. The summed E-state index contributed by atoms with van der Waals surface area (Å²) < 4.78 is 11.7. The molecule has 6 heteroatoms. The fraction of sp³-hybridized carbons (Fsp3) is 0.467. The lowest BCUT2D eigenvalue weighted by Crippen LogP contribution is -2.21. The van der Waals surface area contributed by atoms with Crippen LogP contribution >= 0.6 is 15.9 Å². The molecule has 0 bridgehead atoms. The molecule has 0 atom stereocenters. The van der Waals surface area contributed by atoms with Crippen molar-refractivity contribution < 1.29 is 9.26 Å². The van der Waals surface area contributed by atoms with Crippen LogP contribution in [0.1, 0.15) is 38.0 Å². The van der Waals surface area contributed by atoms with Crippen LogP contribution in [0.5, 0.6) is 5.75 Å². The number of hydrogen-bond donors (Lipinski definition) is 1. The summed E-state index contributed by atoms with van der Waals surface area (Å²) in [6.45, 7) is 7.34. The van der Waals surface area contributed by atoms with E-state index in [1.807, 2.05) is 19.1 Å². The van der Waals surface area contributed by atoms with Crippen molar-refractivity contribution in [1.29, 1.82) is 0 Å². The molecule has 1 N–H and O–H groups in total. The molecular formula is C15H20BrN3O2. The van der Waals surface area contributed by atoms with Crippen molar-refractivity contribution in [3.05, 3.63) is 40.0 Å². The number of benzene rings is 1. The van der Waals surface area contributed by atoms with Gasteiger partial charge in [-0.2, -0.15) is 4.98 Å². The van der Waals surface area contributed by atoms with Crippen LogP contribution < -0.4 is 10.1 Å². The Kier molecular flexibility index (Phi) is 5.76. The van der Waals surface area contributed by atoms with Crippen molar-refractivity contribution in [2.45, 2.75) is 46.4 Å². The van der Waals surface area contributed by atoms with Crippen LogP contribution in [0.4, 0.5) is 0 Å². The third kappa shape index (κ3) is 4.82. The van der Waals surface area contributed by atoms with Gasteiger partial charge in [-0.05, 0) is 33.6 Å². The number of hydrogen-bond acceptors (Lipinski definition) is 5. The minimum Gasteiger partial charge on any atom is -0.483 e. The summed E-state index contributed by atoms with van der Waals surface area (Å²) in [5, 5.41) is 7.22. The van der Waals surface area contributed by atoms with E-state index in [2.05, 4.69) is 51.3 Å². The van der Waals surface area contributed by atoms with Gasteiger partial charge in [0.15, 0.2) is 12.4 Å². The number of rotatable bonds is 7. The molecule has 2 aromatic rings. The number of aryl methyl sites for hydroxylation is 1. The van der Waals surface area contributed by atoms with Crippen LogP contribution in [-0.2, 0) is 19.6 Å². The molecule has 0 spiro atoms. The first-order valence-electron chi connectivity index (χ1n) is 7.04. The normalized spacial score (nSPS) is 11.1. The molecule has 1 aromatic heterocycles. The zero-order chi connectivity index (χ0) is 15.2. The molecule has 2 rings (SSSR count). The van der Waals surface area contributed by atoms with Crippen LogP contribution in [0.2, 0.25) is 0 Å². The van der Waals surface area contributed by atoms with Crippen molar-refractivity contribution in [2.24, 2.45) is 0 Å². The quantitative estimate of drug-likeness (QED) is 0.825. The average Bonchev–Trinajstić information content (AvgIpc) is 2.92. The molecule has 0 saturated carbocycles. The van der Waals surface area contributed by atoms with Gasteiger partial charge in [0.1, 0.15) is 5.75 Å². The highest BCUT2D eigenvalue weighted by Gasteiger charge is 2.08. The number of nitrogens with one attached hydrogen (secondary N) is 1. The lowest BCUT2D eigenvalue weighted by molar-refractivity contribution is 0.241. The molecule has 0 aliphatic heterocycles. The fourth-order valence-corrected chi connectivity index (χ4v) is 2.27. The van der Waals surface area contributed by atoms with Gasteiger partial charge in [-0.15, -0.1) is 0 Å². The molecular weight excluding hydrogens is 334 g/mol. The average molecular weight is 354 g/mol. The van der Waals surface area contributed by atoms with E-state index in [1.165, 1.54) is 5.56 Å². The van der Waals surface area contributed by atoms with E-state index in [-0.39, 0.29) is 6.61 Å². The molecule has 21 heavy (non-hydrogen) atoms. The van der Waals surface area contributed by atoms with Crippen LogP contribution in [0.25, 0.3) is 0 Å². The molecule has 0 radical (unpaired) electrons. The summed E-state index contributed by atoms with van der Waals surface area (Å²) in [4.78, 5) is 4.21. The van der Waals surface area contributed by atoms with Crippen molar-refractivity contribution in [2.75, 3.05) is 0 Å². The molecule has 1 heterocycles. The Morgan fingerprint density at radius 3 is 2.81 bits per heavy atom. The Labute approximate surface area is 133 Å². The summed E-state index contributed by atoms with van der Waals surface area (Å²) in [6.07, 6.45) is 0.755. The van der Waals surface area contributed by atoms with Gasteiger partial charge in [0.25, 0.3) is 5.89 Å². The smallest absolute Gasteiger partial charge is 0.264 e. The van der Waals surface area contributed by atoms with Gasteiger partial charge in [0.05, 0.1) is 4.47 Å². The lowest BCUT2D eigenvalue weighted by Gasteiger charge is -2.10. The Morgan fingerprint density at radius 1 is 1.38 bits per heavy atom. The zero-order valence-corrected chi connectivity index (χ0v) is 14.1. The predicted molar refractivity (Wildman–Crippen MR) is 84.1 cm³/mol. The van der Waals surface area contributed by atoms with Gasteiger partial charge >= 0.3 is 0 Å². The minimum absolute atomic E-state index is 0.273. The second-order valence-corrected chi connectivity index (χ2v) is 5.90. The molecule has 114 valence electrons. The second-order valence-electron chi connectivity index (χ2n) is 5.05. The van der Waals surface area contributed by atoms with E-state index in [0.717, 1.165) is 23.2 Å². The predicted octanol–water partition coefficient (Wildman–Crippen LogP) is 3.47. The fourth-order valence-electron chi connectivity index (χ4n) is 1.73. The highest BCUT2D eigenvalue weighted by Crippen LogP contribution is 2.26. The molecule has 5 nitrogen and oxygen atoms in total. The highest BCUT2D eigenvalue weighted by atomic mass is 79.9. The molecule has 0 saturated heterocycles. The summed E-state index contributed by atoms with van der Waals surface area (Å²) in [7, 11) is 0. The topological polar surface area (TPSA) is 60.2 Å². The molecule has 0 amide bonds. The van der Waals surface area contributed by atoms with E-state index in [0.29, 0.717) is 17.8 Å². The summed E-state index contributed by atoms with van der Waals surface area (Å²) >= 11 is 3.53. The third-order valence-corrected chi connectivity index (χ3v) is 3.51. The van der Waals surface area contributed by atoms with E-state index in [9.17, 15) is 0 Å². The molecule has 1 aromatic carbocycles. The van der Waals surface area contributed by atoms with Gasteiger partial charge in [-0.1, -0.05) is 32.0 Å². The maximum Gasteiger partial charge on any atom is 0.264 e. The van der Waals surface area contributed by atoms with E-state index in [4.69, 9.17) is 9.26 Å². The van der Waals surface area contributed by atoms with Crippen LogP contribution in [-0.4, -0.2) is 16.2 Å². The SMILES string of the molecule is CCc1noc(COc2ccc(CNC(C)C)cc2Br)n1. The first-order chi connectivity index (χ1) is 10.1. The summed E-state index contributed by atoms with van der Waals surface area (Å²) in [5.74, 6) is 1.95. The monoisotopic (exact) mass is 353 g/mol. The van der Waals surface area contributed by atoms with Crippen LogP contribution in [0.3, 0.4) is 0 Å². The van der Waals surface area contributed by atoms with E-state index in [1.54, 1.807) is 0 Å². The van der Waals surface area contributed by atoms with Gasteiger partial charge in [0, 0.05) is 19.0 Å². The minimum atomic E-state index is 0.273. The third-order valence-electron chi connectivity index (χ3n) is 2.89. The zero-order valence-electron chi connectivity index (χ0n) is 12.5.